The van der Waals surface area contributed by atoms with Crippen LogP contribution >= 0.6 is 0 Å². The quantitative estimate of drug-likeness (QED) is 0.723. The van der Waals surface area contributed by atoms with Crippen molar-refractivity contribution >= 4 is 21.9 Å². The van der Waals surface area contributed by atoms with Crippen molar-refractivity contribution in [1.82, 2.24) is 9.62 Å². The van der Waals surface area contributed by atoms with Crippen LogP contribution in [0.2, 0.25) is 0 Å². The number of amides is 1. The molecule has 1 aliphatic rings. The van der Waals surface area contributed by atoms with Crippen molar-refractivity contribution in [1.29, 1.82) is 0 Å². The molecular formula is C18H26N2O5S. The van der Waals surface area contributed by atoms with Crippen molar-refractivity contribution in [2.24, 2.45) is 0 Å². The fraction of sp³-hybridized carbons (Fsp3) is 0.556. The van der Waals surface area contributed by atoms with Crippen LogP contribution in [0.15, 0.2) is 29.2 Å². The van der Waals surface area contributed by atoms with Gasteiger partial charge in [0.1, 0.15) is 6.54 Å². The van der Waals surface area contributed by atoms with E-state index in [0.717, 1.165) is 31.2 Å². The molecule has 26 heavy (non-hydrogen) atoms. The lowest BCUT2D eigenvalue weighted by Crippen LogP contribution is -2.45. The second kappa shape index (κ2) is 9.14. The highest BCUT2D eigenvalue weighted by atomic mass is 32.2. The zero-order valence-corrected chi connectivity index (χ0v) is 16.0. The molecule has 0 saturated carbocycles. The highest BCUT2D eigenvalue weighted by molar-refractivity contribution is 7.89. The number of sulfonamides is 1. The van der Waals surface area contributed by atoms with E-state index in [0.29, 0.717) is 6.54 Å². The monoisotopic (exact) mass is 382 g/mol. The maximum Gasteiger partial charge on any atom is 0.321 e. The SMILES string of the molecule is CC[C@H]1CCCCN1C(=O)COC(=O)CNS(=O)(=O)c1ccc(C)cc1. The minimum atomic E-state index is -3.79. The largest absolute Gasteiger partial charge is 0.455 e. The molecule has 0 unspecified atom stereocenters. The number of ether oxygens (including phenoxy) is 1. The molecule has 1 aromatic rings. The van der Waals surface area contributed by atoms with Crippen LogP contribution in [0, 0.1) is 6.92 Å². The summed E-state index contributed by atoms with van der Waals surface area (Å²) in [7, 11) is -3.79. The number of piperidine rings is 1. The average Bonchev–Trinajstić information content (AvgIpc) is 2.64. The maximum atomic E-state index is 12.2. The molecule has 0 bridgehead atoms. The van der Waals surface area contributed by atoms with Crippen molar-refractivity contribution in [3.63, 3.8) is 0 Å². The molecule has 1 N–H and O–H groups in total. The molecule has 144 valence electrons. The number of aryl methyl sites for hydroxylation is 1. The number of carbonyl (C=O) groups excluding carboxylic acids is 2. The third-order valence-corrected chi connectivity index (χ3v) is 5.93. The first-order valence-electron chi connectivity index (χ1n) is 8.85. The summed E-state index contributed by atoms with van der Waals surface area (Å²) in [4.78, 5) is 25.9. The molecule has 2 rings (SSSR count). The van der Waals surface area contributed by atoms with Crippen molar-refractivity contribution in [2.75, 3.05) is 19.7 Å². The van der Waals surface area contributed by atoms with E-state index in [1.807, 2.05) is 13.8 Å². The fourth-order valence-corrected chi connectivity index (χ4v) is 3.95. The second-order valence-electron chi connectivity index (χ2n) is 6.44. The normalized spacial score (nSPS) is 17.8. The van der Waals surface area contributed by atoms with Crippen LogP contribution in [0.1, 0.15) is 38.2 Å². The van der Waals surface area contributed by atoms with E-state index in [1.54, 1.807) is 17.0 Å². The summed E-state index contributed by atoms with van der Waals surface area (Å²) in [6.07, 6.45) is 3.89. The predicted molar refractivity (Wildman–Crippen MR) is 97.0 cm³/mol. The van der Waals surface area contributed by atoms with Gasteiger partial charge in [0.2, 0.25) is 10.0 Å². The molecule has 1 heterocycles. The molecule has 0 aromatic heterocycles. The van der Waals surface area contributed by atoms with E-state index in [1.165, 1.54) is 12.1 Å². The summed E-state index contributed by atoms with van der Waals surface area (Å²) < 4.78 is 31.4. The number of esters is 1. The van der Waals surface area contributed by atoms with Crippen molar-refractivity contribution < 1.29 is 22.7 Å². The number of nitrogens with zero attached hydrogens (tertiary/aromatic N) is 1. The first kappa shape index (κ1) is 20.4. The van der Waals surface area contributed by atoms with Crippen LogP contribution in [0.25, 0.3) is 0 Å². The van der Waals surface area contributed by atoms with E-state index in [2.05, 4.69) is 4.72 Å². The number of hydrogen-bond acceptors (Lipinski definition) is 5. The Morgan fingerprint density at radius 2 is 1.92 bits per heavy atom. The summed E-state index contributed by atoms with van der Waals surface area (Å²) in [5.74, 6) is -1.01. The van der Waals surface area contributed by atoms with Crippen LogP contribution in [0.4, 0.5) is 0 Å². The predicted octanol–water partition coefficient (Wildman–Crippen LogP) is 1.61. The highest BCUT2D eigenvalue weighted by Gasteiger charge is 2.26. The van der Waals surface area contributed by atoms with Gasteiger partial charge >= 0.3 is 5.97 Å². The average molecular weight is 382 g/mol. The zero-order chi connectivity index (χ0) is 19.2. The van der Waals surface area contributed by atoms with Crippen molar-refractivity contribution in [3.8, 4) is 0 Å². The van der Waals surface area contributed by atoms with Crippen LogP contribution in [0.3, 0.4) is 0 Å². The van der Waals surface area contributed by atoms with Gasteiger partial charge in [-0.2, -0.15) is 4.72 Å². The molecule has 1 saturated heterocycles. The minimum absolute atomic E-state index is 0.0751. The summed E-state index contributed by atoms with van der Waals surface area (Å²) in [6.45, 7) is 3.68. The summed E-state index contributed by atoms with van der Waals surface area (Å²) >= 11 is 0. The number of carbonyl (C=O) groups is 2. The smallest absolute Gasteiger partial charge is 0.321 e. The van der Waals surface area contributed by atoms with E-state index < -0.39 is 22.5 Å². The van der Waals surface area contributed by atoms with Gasteiger partial charge in [-0.3, -0.25) is 9.59 Å². The van der Waals surface area contributed by atoms with E-state index in [9.17, 15) is 18.0 Å². The van der Waals surface area contributed by atoms with Gasteiger partial charge in [-0.15, -0.1) is 0 Å². The first-order valence-corrected chi connectivity index (χ1v) is 10.3. The Hall–Kier alpha value is -1.93. The van der Waals surface area contributed by atoms with Gasteiger partial charge in [-0.05, 0) is 44.7 Å². The number of likely N-dealkylation sites (tertiary alicyclic amines) is 1. The lowest BCUT2D eigenvalue weighted by atomic mass is 10.00. The van der Waals surface area contributed by atoms with Crippen LogP contribution in [0.5, 0.6) is 0 Å². The number of nitrogens with one attached hydrogen (secondary N) is 1. The molecule has 0 aliphatic carbocycles. The standard InChI is InChI=1S/C18H26N2O5S/c1-3-15-6-4-5-11-20(15)17(21)13-25-18(22)12-19-26(23,24)16-9-7-14(2)8-10-16/h7-10,15,19H,3-6,11-13H2,1-2H3/t15-/m0/s1. The molecule has 8 heteroatoms. The molecule has 1 atom stereocenters. The molecule has 7 nitrogen and oxygen atoms in total. The first-order chi connectivity index (χ1) is 12.3. The Kier molecular flexibility index (Phi) is 7.16. The van der Waals surface area contributed by atoms with Crippen molar-refractivity contribution in [3.05, 3.63) is 29.8 Å². The van der Waals surface area contributed by atoms with E-state index in [4.69, 9.17) is 4.74 Å². The van der Waals surface area contributed by atoms with E-state index in [-0.39, 0.29) is 23.5 Å². The van der Waals surface area contributed by atoms with Crippen molar-refractivity contribution in [2.45, 2.75) is 50.5 Å². The van der Waals surface area contributed by atoms with Gasteiger partial charge in [-0.25, -0.2) is 8.42 Å². The Bertz CT molecular complexity index is 730. The number of hydrogen-bond donors (Lipinski definition) is 1. The fourth-order valence-electron chi connectivity index (χ4n) is 2.98. The number of benzene rings is 1. The van der Waals surface area contributed by atoms with Crippen LogP contribution in [-0.2, 0) is 24.3 Å². The van der Waals surface area contributed by atoms with Gasteiger partial charge in [0.25, 0.3) is 5.91 Å². The molecule has 1 aliphatic heterocycles. The zero-order valence-electron chi connectivity index (χ0n) is 15.2. The molecule has 0 spiro atoms. The highest BCUT2D eigenvalue weighted by Crippen LogP contribution is 2.19. The third-order valence-electron chi connectivity index (χ3n) is 4.51. The molecule has 0 radical (unpaired) electrons. The Morgan fingerprint density at radius 3 is 2.58 bits per heavy atom. The van der Waals surface area contributed by atoms with Gasteiger partial charge < -0.3 is 9.64 Å². The van der Waals surface area contributed by atoms with Crippen LogP contribution in [-0.4, -0.2) is 50.9 Å². The summed E-state index contributed by atoms with van der Waals surface area (Å²) in [5, 5.41) is 0. The molecule has 1 aromatic carbocycles. The number of rotatable bonds is 7. The lowest BCUT2D eigenvalue weighted by molar-refractivity contribution is -0.152. The Labute approximate surface area is 154 Å². The van der Waals surface area contributed by atoms with Gasteiger partial charge in [-0.1, -0.05) is 24.6 Å². The lowest BCUT2D eigenvalue weighted by Gasteiger charge is -2.35. The Balaban J connectivity index is 1.81. The molecular weight excluding hydrogens is 356 g/mol. The molecule has 1 amide bonds. The van der Waals surface area contributed by atoms with Crippen LogP contribution < -0.4 is 4.72 Å². The summed E-state index contributed by atoms with van der Waals surface area (Å²) in [6, 6.07) is 6.47. The third kappa shape index (κ3) is 5.54. The molecule has 1 fully saturated rings. The summed E-state index contributed by atoms with van der Waals surface area (Å²) in [5.41, 5.74) is 0.935. The Morgan fingerprint density at radius 1 is 1.23 bits per heavy atom. The maximum absolute atomic E-state index is 12.2. The minimum Gasteiger partial charge on any atom is -0.455 e. The van der Waals surface area contributed by atoms with Gasteiger partial charge in [0.05, 0.1) is 4.90 Å². The second-order valence-corrected chi connectivity index (χ2v) is 8.21. The van der Waals surface area contributed by atoms with E-state index >= 15 is 0 Å². The topological polar surface area (TPSA) is 92.8 Å². The van der Waals surface area contributed by atoms with Gasteiger partial charge in [0, 0.05) is 12.6 Å². The van der Waals surface area contributed by atoms with Gasteiger partial charge in [0.15, 0.2) is 6.61 Å².